The molecule has 0 bridgehead atoms. The van der Waals surface area contributed by atoms with Crippen LogP contribution in [0.15, 0.2) is 16.7 Å². The number of anilines is 1. The minimum atomic E-state index is -0.473. The highest BCUT2D eigenvalue weighted by Crippen LogP contribution is 2.22. The fourth-order valence-corrected chi connectivity index (χ4v) is 1.10. The van der Waals surface area contributed by atoms with E-state index in [0.717, 1.165) is 11.1 Å². The van der Waals surface area contributed by atoms with E-state index < -0.39 is 5.82 Å². The Bertz CT molecular complexity index is 436. The molecule has 62 valence electrons. The van der Waals surface area contributed by atoms with Gasteiger partial charge in [-0.05, 0) is 13.0 Å². The summed E-state index contributed by atoms with van der Waals surface area (Å²) >= 11 is 0. The predicted octanol–water partition coefficient (Wildman–Crippen LogP) is 1.86. The highest BCUT2D eigenvalue weighted by atomic mass is 19.1. The largest absolute Gasteiger partial charge is 0.396 e. The van der Waals surface area contributed by atoms with E-state index in [4.69, 9.17) is 10.3 Å². The van der Waals surface area contributed by atoms with Crippen molar-refractivity contribution in [2.75, 3.05) is 5.73 Å². The van der Waals surface area contributed by atoms with Crippen LogP contribution in [-0.4, -0.2) is 5.16 Å². The summed E-state index contributed by atoms with van der Waals surface area (Å²) in [5, 5.41) is 4.44. The van der Waals surface area contributed by atoms with Crippen molar-refractivity contribution >= 4 is 16.7 Å². The number of halogens is 1. The lowest BCUT2D eigenvalue weighted by Crippen LogP contribution is -1.89. The molecule has 2 aromatic rings. The van der Waals surface area contributed by atoms with Crippen LogP contribution in [0.1, 0.15) is 5.69 Å². The van der Waals surface area contributed by atoms with E-state index in [0.29, 0.717) is 5.58 Å². The van der Waals surface area contributed by atoms with Crippen LogP contribution in [0.25, 0.3) is 11.0 Å². The number of hydrogen-bond acceptors (Lipinski definition) is 3. The molecule has 3 nitrogen and oxygen atoms in total. The molecule has 0 fully saturated rings. The molecule has 0 aliphatic heterocycles. The molecule has 12 heavy (non-hydrogen) atoms. The Kier molecular flexibility index (Phi) is 1.30. The Morgan fingerprint density at radius 3 is 3.00 bits per heavy atom. The standard InChI is InChI=1S/C8H7FN2O/c1-4-5-2-7(10)6(9)3-8(5)12-11-4/h2-3H,10H2,1H3. The molecular weight excluding hydrogens is 159 g/mol. The molecule has 2 N–H and O–H groups in total. The van der Waals surface area contributed by atoms with Gasteiger partial charge in [0.2, 0.25) is 0 Å². The molecule has 0 atom stereocenters. The second-order valence-electron chi connectivity index (χ2n) is 2.64. The number of nitrogens with zero attached hydrogens (tertiary/aromatic N) is 1. The lowest BCUT2D eigenvalue weighted by Gasteiger charge is -1.94. The molecule has 0 amide bonds. The maximum absolute atomic E-state index is 12.8. The molecule has 0 saturated heterocycles. The Morgan fingerprint density at radius 1 is 1.50 bits per heavy atom. The quantitative estimate of drug-likeness (QED) is 0.607. The average Bonchev–Trinajstić information content (AvgIpc) is 2.35. The van der Waals surface area contributed by atoms with Gasteiger partial charge >= 0.3 is 0 Å². The Labute approximate surface area is 67.9 Å². The maximum Gasteiger partial charge on any atom is 0.170 e. The molecule has 1 aromatic heterocycles. The first-order valence-corrected chi connectivity index (χ1v) is 3.49. The zero-order valence-electron chi connectivity index (χ0n) is 6.47. The zero-order valence-corrected chi connectivity index (χ0v) is 6.47. The normalized spacial score (nSPS) is 10.8. The van der Waals surface area contributed by atoms with Crippen LogP contribution in [0.4, 0.5) is 10.1 Å². The predicted molar refractivity (Wildman–Crippen MR) is 43.1 cm³/mol. The number of nitrogen functional groups attached to an aromatic ring is 1. The third-order valence-electron chi connectivity index (χ3n) is 1.77. The van der Waals surface area contributed by atoms with Crippen molar-refractivity contribution in [3.63, 3.8) is 0 Å². The Morgan fingerprint density at radius 2 is 2.25 bits per heavy atom. The number of aromatic nitrogens is 1. The molecule has 4 heteroatoms. The summed E-state index contributed by atoms with van der Waals surface area (Å²) in [6.45, 7) is 1.78. The SMILES string of the molecule is Cc1noc2cc(F)c(N)cc12. The van der Waals surface area contributed by atoms with Gasteiger partial charge in [-0.15, -0.1) is 0 Å². The number of rotatable bonds is 0. The van der Waals surface area contributed by atoms with Crippen molar-refractivity contribution in [3.8, 4) is 0 Å². The van der Waals surface area contributed by atoms with Crippen LogP contribution in [0, 0.1) is 12.7 Å². The Hall–Kier alpha value is -1.58. The summed E-state index contributed by atoms with van der Waals surface area (Å²) in [5.41, 5.74) is 6.64. The summed E-state index contributed by atoms with van der Waals surface area (Å²) < 4.78 is 17.7. The highest BCUT2D eigenvalue weighted by Gasteiger charge is 2.07. The number of aryl methyl sites for hydroxylation is 1. The van der Waals surface area contributed by atoms with E-state index in [2.05, 4.69) is 5.16 Å². The van der Waals surface area contributed by atoms with Gasteiger partial charge in [-0.2, -0.15) is 0 Å². The average molecular weight is 166 g/mol. The lowest BCUT2D eigenvalue weighted by molar-refractivity contribution is 0.449. The van der Waals surface area contributed by atoms with Crippen LogP contribution in [0.3, 0.4) is 0 Å². The minimum absolute atomic E-state index is 0.119. The van der Waals surface area contributed by atoms with Gasteiger partial charge < -0.3 is 10.3 Å². The van der Waals surface area contributed by atoms with E-state index in [9.17, 15) is 4.39 Å². The first-order valence-electron chi connectivity index (χ1n) is 3.49. The summed E-state index contributed by atoms with van der Waals surface area (Å²) in [5.74, 6) is -0.473. The first-order chi connectivity index (χ1) is 5.68. The molecular formula is C8H7FN2O. The molecule has 1 aromatic carbocycles. The first kappa shape index (κ1) is 7.09. The maximum atomic E-state index is 12.8. The second-order valence-corrected chi connectivity index (χ2v) is 2.64. The third-order valence-corrected chi connectivity index (χ3v) is 1.77. The van der Waals surface area contributed by atoms with E-state index in [1.54, 1.807) is 6.92 Å². The smallest absolute Gasteiger partial charge is 0.170 e. The Balaban J connectivity index is 2.87. The molecule has 0 aliphatic rings. The van der Waals surface area contributed by atoms with Crippen molar-refractivity contribution in [1.82, 2.24) is 5.16 Å². The van der Waals surface area contributed by atoms with Crippen molar-refractivity contribution in [2.24, 2.45) is 0 Å². The van der Waals surface area contributed by atoms with Gasteiger partial charge in [-0.1, -0.05) is 5.16 Å². The van der Waals surface area contributed by atoms with Crippen LogP contribution < -0.4 is 5.73 Å². The molecule has 2 rings (SSSR count). The molecule has 0 saturated carbocycles. The monoisotopic (exact) mass is 166 g/mol. The fourth-order valence-electron chi connectivity index (χ4n) is 1.10. The zero-order chi connectivity index (χ0) is 8.72. The summed E-state index contributed by atoms with van der Waals surface area (Å²) in [7, 11) is 0. The summed E-state index contributed by atoms with van der Waals surface area (Å²) in [4.78, 5) is 0. The van der Waals surface area contributed by atoms with Crippen molar-refractivity contribution < 1.29 is 8.91 Å². The number of nitrogens with two attached hydrogens (primary N) is 1. The van der Waals surface area contributed by atoms with Gasteiger partial charge in [0, 0.05) is 11.5 Å². The van der Waals surface area contributed by atoms with E-state index in [1.807, 2.05) is 0 Å². The van der Waals surface area contributed by atoms with Crippen LogP contribution in [0.2, 0.25) is 0 Å². The topological polar surface area (TPSA) is 52.0 Å². The number of fused-ring (bicyclic) bond motifs is 1. The van der Waals surface area contributed by atoms with Crippen LogP contribution >= 0.6 is 0 Å². The van der Waals surface area contributed by atoms with E-state index >= 15 is 0 Å². The number of hydrogen-bond donors (Lipinski definition) is 1. The fraction of sp³-hybridized carbons (Fsp3) is 0.125. The van der Waals surface area contributed by atoms with Crippen molar-refractivity contribution in [1.29, 1.82) is 0 Å². The van der Waals surface area contributed by atoms with Gasteiger partial charge in [0.25, 0.3) is 0 Å². The van der Waals surface area contributed by atoms with Crippen LogP contribution in [0.5, 0.6) is 0 Å². The number of benzene rings is 1. The lowest BCUT2D eigenvalue weighted by atomic mass is 10.2. The van der Waals surface area contributed by atoms with E-state index in [1.165, 1.54) is 12.1 Å². The van der Waals surface area contributed by atoms with Gasteiger partial charge in [0.1, 0.15) is 5.82 Å². The molecule has 0 spiro atoms. The van der Waals surface area contributed by atoms with Gasteiger partial charge in [0.15, 0.2) is 5.58 Å². The summed E-state index contributed by atoms with van der Waals surface area (Å²) in [6, 6.07) is 2.77. The summed E-state index contributed by atoms with van der Waals surface area (Å²) in [6.07, 6.45) is 0. The molecule has 1 heterocycles. The van der Waals surface area contributed by atoms with Gasteiger partial charge in [0.05, 0.1) is 11.4 Å². The third kappa shape index (κ3) is 0.845. The van der Waals surface area contributed by atoms with Crippen LogP contribution in [-0.2, 0) is 0 Å². The van der Waals surface area contributed by atoms with Gasteiger partial charge in [-0.3, -0.25) is 0 Å². The molecule has 0 unspecified atom stereocenters. The molecule has 0 aliphatic carbocycles. The van der Waals surface area contributed by atoms with Gasteiger partial charge in [-0.25, -0.2) is 4.39 Å². The van der Waals surface area contributed by atoms with E-state index in [-0.39, 0.29) is 5.69 Å². The second kappa shape index (κ2) is 2.20. The van der Waals surface area contributed by atoms with Crippen molar-refractivity contribution in [2.45, 2.75) is 6.92 Å². The minimum Gasteiger partial charge on any atom is -0.396 e. The molecule has 0 radical (unpaired) electrons. The van der Waals surface area contributed by atoms with Crippen molar-refractivity contribution in [3.05, 3.63) is 23.6 Å². The highest BCUT2D eigenvalue weighted by molar-refractivity contribution is 5.82.